The summed E-state index contributed by atoms with van der Waals surface area (Å²) in [7, 11) is 0. The molecule has 0 bridgehead atoms. The van der Waals surface area contributed by atoms with E-state index in [1.807, 2.05) is 13.8 Å². The van der Waals surface area contributed by atoms with Crippen LogP contribution in [0.5, 0.6) is 0 Å². The minimum Gasteiger partial charge on any atom is -0.478 e. The van der Waals surface area contributed by atoms with Crippen molar-refractivity contribution < 1.29 is 9.90 Å². The molecule has 2 aromatic rings. The first-order chi connectivity index (χ1) is 7.15. The maximum atomic E-state index is 11.0. The molecular formula is C11H11NO2S. The second kappa shape index (κ2) is 3.62. The molecule has 0 saturated heterocycles. The molecule has 0 aliphatic heterocycles. The Bertz CT molecular complexity index is 531. The molecule has 1 heterocycles. The highest BCUT2D eigenvalue weighted by atomic mass is 32.1. The molecule has 2 rings (SSSR count). The van der Waals surface area contributed by atoms with Gasteiger partial charge in [-0.15, -0.1) is 11.3 Å². The molecule has 3 nitrogen and oxygen atoms in total. The average molecular weight is 221 g/mol. The number of thiazole rings is 1. The Morgan fingerprint density at radius 2 is 2.33 bits per heavy atom. The van der Waals surface area contributed by atoms with Crippen LogP contribution in [0.4, 0.5) is 0 Å². The number of carbonyl (C=O) groups is 1. The van der Waals surface area contributed by atoms with Crippen molar-refractivity contribution in [2.24, 2.45) is 0 Å². The van der Waals surface area contributed by atoms with E-state index in [2.05, 4.69) is 4.98 Å². The summed E-state index contributed by atoms with van der Waals surface area (Å²) >= 11 is 1.48. The van der Waals surface area contributed by atoms with Crippen molar-refractivity contribution in [1.82, 2.24) is 4.98 Å². The number of nitrogens with zero attached hydrogens (tertiary/aromatic N) is 1. The average Bonchev–Trinajstić information content (AvgIpc) is 2.64. The minimum atomic E-state index is -0.863. The third kappa shape index (κ3) is 1.51. The summed E-state index contributed by atoms with van der Waals surface area (Å²) in [6, 6.07) is 1.71. The van der Waals surface area contributed by atoms with E-state index in [0.29, 0.717) is 5.56 Å². The number of carboxylic acids is 1. The van der Waals surface area contributed by atoms with Crippen molar-refractivity contribution in [2.45, 2.75) is 20.3 Å². The highest BCUT2D eigenvalue weighted by Gasteiger charge is 2.14. The van der Waals surface area contributed by atoms with Gasteiger partial charge in [-0.2, -0.15) is 0 Å². The van der Waals surface area contributed by atoms with Crippen molar-refractivity contribution in [3.63, 3.8) is 0 Å². The Balaban J connectivity index is 2.85. The van der Waals surface area contributed by atoms with E-state index in [1.165, 1.54) is 11.3 Å². The van der Waals surface area contributed by atoms with Crippen molar-refractivity contribution >= 4 is 27.5 Å². The van der Waals surface area contributed by atoms with Gasteiger partial charge in [-0.1, -0.05) is 6.92 Å². The molecule has 1 aromatic carbocycles. The van der Waals surface area contributed by atoms with Gasteiger partial charge in [-0.05, 0) is 30.5 Å². The fraction of sp³-hybridized carbons (Fsp3) is 0.273. The third-order valence-electron chi connectivity index (χ3n) is 2.60. The van der Waals surface area contributed by atoms with E-state index >= 15 is 0 Å². The summed E-state index contributed by atoms with van der Waals surface area (Å²) < 4.78 is 0.954. The summed E-state index contributed by atoms with van der Waals surface area (Å²) in [5.41, 5.74) is 4.98. The molecular weight excluding hydrogens is 210 g/mol. The normalized spacial score (nSPS) is 10.8. The second-order valence-electron chi connectivity index (χ2n) is 3.39. The number of hydrogen-bond acceptors (Lipinski definition) is 3. The number of aryl methyl sites for hydroxylation is 1. The molecule has 15 heavy (non-hydrogen) atoms. The van der Waals surface area contributed by atoms with Gasteiger partial charge in [0.2, 0.25) is 0 Å². The second-order valence-corrected chi connectivity index (χ2v) is 4.27. The Labute approximate surface area is 91.4 Å². The topological polar surface area (TPSA) is 50.2 Å². The van der Waals surface area contributed by atoms with Gasteiger partial charge in [0.25, 0.3) is 0 Å². The van der Waals surface area contributed by atoms with E-state index in [0.717, 1.165) is 27.8 Å². The van der Waals surface area contributed by atoms with Crippen molar-refractivity contribution in [3.05, 3.63) is 28.3 Å². The first kappa shape index (κ1) is 10.1. The summed E-state index contributed by atoms with van der Waals surface area (Å²) in [6.07, 6.45) is 0.813. The van der Waals surface area contributed by atoms with E-state index in [9.17, 15) is 4.79 Å². The first-order valence-electron chi connectivity index (χ1n) is 4.74. The summed E-state index contributed by atoms with van der Waals surface area (Å²) in [4.78, 5) is 15.3. The van der Waals surface area contributed by atoms with Crippen LogP contribution in [0.25, 0.3) is 10.2 Å². The lowest BCUT2D eigenvalue weighted by Crippen LogP contribution is -2.02. The van der Waals surface area contributed by atoms with Gasteiger partial charge < -0.3 is 5.11 Å². The van der Waals surface area contributed by atoms with Gasteiger partial charge in [-0.25, -0.2) is 9.78 Å². The molecule has 1 N–H and O–H groups in total. The monoisotopic (exact) mass is 221 g/mol. The van der Waals surface area contributed by atoms with Crippen LogP contribution >= 0.6 is 11.3 Å². The first-order valence-corrected chi connectivity index (χ1v) is 5.62. The Morgan fingerprint density at radius 1 is 1.60 bits per heavy atom. The molecule has 78 valence electrons. The standard InChI is InChI=1S/C11H11NO2S/c1-3-7-6(2)8(11(13)14)4-9-10(7)12-5-15-9/h4-5H,3H2,1-2H3,(H,13,14). The zero-order valence-corrected chi connectivity index (χ0v) is 9.39. The van der Waals surface area contributed by atoms with Crippen LogP contribution in [0.15, 0.2) is 11.6 Å². The van der Waals surface area contributed by atoms with Crippen LogP contribution in [0.2, 0.25) is 0 Å². The minimum absolute atomic E-state index is 0.392. The van der Waals surface area contributed by atoms with Crippen LogP contribution in [-0.4, -0.2) is 16.1 Å². The van der Waals surface area contributed by atoms with Crippen molar-refractivity contribution in [3.8, 4) is 0 Å². The largest absolute Gasteiger partial charge is 0.478 e. The summed E-state index contributed by atoms with van der Waals surface area (Å²) in [5, 5.41) is 9.07. The maximum absolute atomic E-state index is 11.0. The number of fused-ring (bicyclic) bond motifs is 1. The number of aromatic carboxylic acids is 1. The molecule has 0 amide bonds. The van der Waals surface area contributed by atoms with Gasteiger partial charge in [0.15, 0.2) is 0 Å². The van der Waals surface area contributed by atoms with E-state index in [4.69, 9.17) is 5.11 Å². The van der Waals surface area contributed by atoms with E-state index in [-0.39, 0.29) is 0 Å². The SMILES string of the molecule is CCc1c(C)c(C(=O)O)cc2scnc12. The van der Waals surface area contributed by atoms with Crippen LogP contribution in [0.3, 0.4) is 0 Å². The predicted molar refractivity (Wildman–Crippen MR) is 60.7 cm³/mol. The molecule has 0 unspecified atom stereocenters. The molecule has 0 fully saturated rings. The molecule has 0 aliphatic carbocycles. The lowest BCUT2D eigenvalue weighted by atomic mass is 9.99. The van der Waals surface area contributed by atoms with Crippen LogP contribution in [-0.2, 0) is 6.42 Å². The van der Waals surface area contributed by atoms with Crippen LogP contribution in [0, 0.1) is 6.92 Å². The molecule has 0 saturated carbocycles. The fourth-order valence-electron chi connectivity index (χ4n) is 1.82. The zero-order valence-electron chi connectivity index (χ0n) is 8.57. The molecule has 1 aromatic heterocycles. The lowest BCUT2D eigenvalue weighted by Gasteiger charge is -2.07. The van der Waals surface area contributed by atoms with E-state index in [1.54, 1.807) is 11.6 Å². The van der Waals surface area contributed by atoms with Crippen molar-refractivity contribution in [1.29, 1.82) is 0 Å². The lowest BCUT2D eigenvalue weighted by molar-refractivity contribution is 0.0696. The maximum Gasteiger partial charge on any atom is 0.336 e. The number of hydrogen-bond donors (Lipinski definition) is 1. The van der Waals surface area contributed by atoms with Crippen LogP contribution < -0.4 is 0 Å². The predicted octanol–water partition coefficient (Wildman–Crippen LogP) is 2.87. The van der Waals surface area contributed by atoms with E-state index < -0.39 is 5.97 Å². The Kier molecular flexibility index (Phi) is 2.44. The zero-order chi connectivity index (χ0) is 11.0. The van der Waals surface area contributed by atoms with Crippen molar-refractivity contribution in [2.75, 3.05) is 0 Å². The number of aromatic nitrogens is 1. The van der Waals surface area contributed by atoms with Gasteiger partial charge in [0.05, 0.1) is 21.3 Å². The number of rotatable bonds is 2. The fourth-order valence-corrected chi connectivity index (χ4v) is 2.56. The summed E-state index contributed by atoms with van der Waals surface area (Å²) in [6.45, 7) is 3.87. The number of benzene rings is 1. The quantitative estimate of drug-likeness (QED) is 0.848. The highest BCUT2D eigenvalue weighted by Crippen LogP contribution is 2.27. The third-order valence-corrected chi connectivity index (χ3v) is 3.37. The highest BCUT2D eigenvalue weighted by molar-refractivity contribution is 7.16. The summed E-state index contributed by atoms with van der Waals surface area (Å²) in [5.74, 6) is -0.863. The Morgan fingerprint density at radius 3 is 2.93 bits per heavy atom. The molecule has 0 spiro atoms. The molecule has 0 radical (unpaired) electrons. The van der Waals surface area contributed by atoms with Gasteiger partial charge >= 0.3 is 5.97 Å². The smallest absolute Gasteiger partial charge is 0.336 e. The van der Waals surface area contributed by atoms with Gasteiger partial charge in [0, 0.05) is 0 Å². The molecule has 4 heteroatoms. The van der Waals surface area contributed by atoms with Gasteiger partial charge in [0.1, 0.15) is 0 Å². The number of carboxylic acid groups (broad SMARTS) is 1. The Hall–Kier alpha value is -1.42. The molecule has 0 atom stereocenters. The van der Waals surface area contributed by atoms with Gasteiger partial charge in [-0.3, -0.25) is 0 Å². The van der Waals surface area contributed by atoms with Crippen LogP contribution in [0.1, 0.15) is 28.4 Å². The molecule has 0 aliphatic rings.